The van der Waals surface area contributed by atoms with Crippen molar-refractivity contribution in [3.63, 3.8) is 0 Å². The average molecular weight is 599 g/mol. The Labute approximate surface area is 273 Å². The molecule has 0 N–H and O–H groups in total. The van der Waals surface area contributed by atoms with Crippen LogP contribution in [-0.4, -0.2) is 0 Å². The van der Waals surface area contributed by atoms with Crippen LogP contribution in [0.1, 0.15) is 159 Å². The summed E-state index contributed by atoms with van der Waals surface area (Å²) in [6.07, 6.45) is 0. The summed E-state index contributed by atoms with van der Waals surface area (Å²) in [7, 11) is 0. The molecule has 0 nitrogen and oxygen atoms in total. The van der Waals surface area contributed by atoms with E-state index in [1.807, 2.05) is 0 Å². The molecule has 0 spiro atoms. The van der Waals surface area contributed by atoms with Gasteiger partial charge in [-0.25, -0.2) is 0 Å². The van der Waals surface area contributed by atoms with Gasteiger partial charge in [-0.05, 0) is 115 Å². The number of hydrogen-bond acceptors (Lipinski definition) is 0. The molecule has 0 heteroatoms. The third kappa shape index (κ3) is 4.91. The molecule has 3 fully saturated rings. The average Bonchev–Trinajstić information content (AvgIpc) is 3.28. The van der Waals surface area contributed by atoms with Crippen LogP contribution in [0.15, 0.2) is 0 Å². The molecule has 3 aliphatic rings. The Morgan fingerprint density at radius 1 is 0.465 bits per heavy atom. The maximum atomic E-state index is 2.79. The molecule has 254 valence electrons. The quantitative estimate of drug-likeness (QED) is 0.273. The van der Waals surface area contributed by atoms with Crippen LogP contribution in [0.4, 0.5) is 0 Å². The zero-order valence-corrected chi connectivity index (χ0v) is 34.0. The monoisotopic (exact) mass is 599 g/mol. The van der Waals surface area contributed by atoms with E-state index in [1.54, 1.807) is 0 Å². The lowest BCUT2D eigenvalue weighted by atomic mass is 9.40. The lowest BCUT2D eigenvalue weighted by Gasteiger charge is -2.64. The van der Waals surface area contributed by atoms with Crippen LogP contribution in [0.5, 0.6) is 0 Å². The summed E-state index contributed by atoms with van der Waals surface area (Å²) < 4.78 is 0. The maximum Gasteiger partial charge on any atom is -0.0246 e. The lowest BCUT2D eigenvalue weighted by Crippen LogP contribution is -2.59. The first kappa shape index (κ1) is 37.5. The van der Waals surface area contributed by atoms with Gasteiger partial charge in [0.2, 0.25) is 0 Å². The Hall–Kier alpha value is 0. The van der Waals surface area contributed by atoms with E-state index in [-0.39, 0.29) is 27.1 Å². The van der Waals surface area contributed by atoms with E-state index in [2.05, 4.69) is 159 Å². The summed E-state index contributed by atoms with van der Waals surface area (Å²) in [5.74, 6) is 9.84. The summed E-state index contributed by atoms with van der Waals surface area (Å²) >= 11 is 0. The SMILES string of the molecule is CC(C)C(C)(C)C(C)(C)C(C)(C)[C@H]1[C@@H](C)[C@@H](C)[C@H]2[C@@H](C)[C@H]3[C@@H](C)[C@@H](C)[C@@H](C(C)(C)C(C)(C)[C@H](C)C(C)(C)C)[C@H]3C(C)(C)[C@H]21. The van der Waals surface area contributed by atoms with Crippen LogP contribution in [0.25, 0.3) is 0 Å². The highest BCUT2D eigenvalue weighted by atomic mass is 14.8. The van der Waals surface area contributed by atoms with Crippen LogP contribution in [0.2, 0.25) is 0 Å². The van der Waals surface area contributed by atoms with E-state index in [0.717, 1.165) is 65.1 Å². The normalized spacial score (nSPS) is 40.0. The third-order valence-corrected chi connectivity index (χ3v) is 18.9. The highest BCUT2D eigenvalue weighted by Crippen LogP contribution is 2.76. The third-order valence-electron chi connectivity index (χ3n) is 18.9. The van der Waals surface area contributed by atoms with Crippen molar-refractivity contribution in [2.45, 2.75) is 159 Å². The fraction of sp³-hybridized carbons (Fsp3) is 1.00. The molecule has 0 unspecified atom stereocenters. The number of hydrogen-bond donors (Lipinski definition) is 0. The first-order chi connectivity index (χ1) is 18.9. The molecule has 12 atom stereocenters. The molecule has 3 saturated carbocycles. The molecule has 0 heterocycles. The van der Waals surface area contributed by atoms with E-state index in [9.17, 15) is 0 Å². The van der Waals surface area contributed by atoms with Gasteiger partial charge in [-0.2, -0.15) is 0 Å². The Morgan fingerprint density at radius 2 is 0.814 bits per heavy atom. The summed E-state index contributed by atoms with van der Waals surface area (Å²) in [4.78, 5) is 0. The molecule has 0 aromatic rings. The van der Waals surface area contributed by atoms with E-state index in [1.165, 1.54) is 0 Å². The largest absolute Gasteiger partial charge is 0.0622 e. The summed E-state index contributed by atoms with van der Waals surface area (Å²) in [6, 6.07) is 0. The highest BCUT2D eigenvalue weighted by Gasteiger charge is 2.71. The van der Waals surface area contributed by atoms with Gasteiger partial charge in [-0.15, -0.1) is 0 Å². The van der Waals surface area contributed by atoms with Crippen molar-refractivity contribution in [1.29, 1.82) is 0 Å². The Bertz CT molecular complexity index is 992. The first-order valence-electron chi connectivity index (χ1n) is 18.9. The zero-order valence-electron chi connectivity index (χ0n) is 34.0. The van der Waals surface area contributed by atoms with Gasteiger partial charge in [0.15, 0.2) is 0 Å². The second-order valence-electron chi connectivity index (χ2n) is 22.1. The van der Waals surface area contributed by atoms with Crippen molar-refractivity contribution < 1.29 is 0 Å². The van der Waals surface area contributed by atoms with Gasteiger partial charge in [0.05, 0.1) is 0 Å². The molecule has 0 amide bonds. The van der Waals surface area contributed by atoms with E-state index in [0.29, 0.717) is 22.7 Å². The Balaban J connectivity index is 2.26. The van der Waals surface area contributed by atoms with Crippen molar-refractivity contribution in [3.05, 3.63) is 0 Å². The lowest BCUT2D eigenvalue weighted by molar-refractivity contribution is -0.165. The summed E-state index contributed by atoms with van der Waals surface area (Å²) in [5, 5.41) is 0. The van der Waals surface area contributed by atoms with Gasteiger partial charge in [0.25, 0.3) is 0 Å². The molecule has 0 aliphatic heterocycles. The van der Waals surface area contributed by atoms with Gasteiger partial charge in [0, 0.05) is 0 Å². The van der Waals surface area contributed by atoms with E-state index >= 15 is 0 Å². The van der Waals surface area contributed by atoms with Crippen LogP contribution < -0.4 is 0 Å². The Morgan fingerprint density at radius 3 is 1.14 bits per heavy atom. The van der Waals surface area contributed by atoms with Crippen molar-refractivity contribution in [2.75, 3.05) is 0 Å². The molecule has 3 aliphatic carbocycles. The standard InChI is InChI=1S/C43H82/c1-24(2)39(14,15)43(22,23)42(20,21)34-28(6)26(4)32-29(7)31-25(3)27(5)33(35(31)38(12,13)36(32)34)41(18,19)40(16,17)30(8)37(9,10)11/h24-36H,1-23H3/t25-,26+,27+,28-,29-,30+,31+,32-,33+,34-,35-,36+/m0/s1. The molecule has 0 aromatic heterocycles. The van der Waals surface area contributed by atoms with Crippen LogP contribution in [0.3, 0.4) is 0 Å². The van der Waals surface area contributed by atoms with Gasteiger partial charge in [0.1, 0.15) is 0 Å². The van der Waals surface area contributed by atoms with Gasteiger partial charge >= 0.3 is 0 Å². The molecule has 0 bridgehead atoms. The minimum atomic E-state index is 0.219. The van der Waals surface area contributed by atoms with Gasteiger partial charge < -0.3 is 0 Å². The molecular formula is C43H82. The molecule has 0 aromatic carbocycles. The molecule has 0 radical (unpaired) electrons. The second kappa shape index (κ2) is 10.8. The fourth-order valence-corrected chi connectivity index (χ4v) is 13.4. The number of fused-ring (bicyclic) bond motifs is 2. The fourth-order valence-electron chi connectivity index (χ4n) is 13.4. The Kier molecular flexibility index (Phi) is 9.37. The van der Waals surface area contributed by atoms with E-state index < -0.39 is 0 Å². The highest BCUT2D eigenvalue weighted by molar-refractivity contribution is 5.19. The molecule has 3 rings (SSSR count). The molecule has 0 saturated heterocycles. The van der Waals surface area contributed by atoms with Gasteiger partial charge in [-0.3, -0.25) is 0 Å². The smallest absolute Gasteiger partial charge is 0.0246 e. The van der Waals surface area contributed by atoms with Crippen molar-refractivity contribution >= 4 is 0 Å². The minimum Gasteiger partial charge on any atom is -0.0622 e. The maximum absolute atomic E-state index is 2.79. The predicted molar refractivity (Wildman–Crippen MR) is 193 cm³/mol. The molecular weight excluding hydrogens is 516 g/mol. The topological polar surface area (TPSA) is 0 Å². The van der Waals surface area contributed by atoms with Crippen LogP contribution in [-0.2, 0) is 0 Å². The summed E-state index contributed by atoms with van der Waals surface area (Å²) in [6.45, 7) is 60.4. The molecule has 43 heavy (non-hydrogen) atoms. The van der Waals surface area contributed by atoms with Crippen LogP contribution in [0, 0.1) is 115 Å². The second-order valence-corrected chi connectivity index (χ2v) is 22.1. The van der Waals surface area contributed by atoms with Gasteiger partial charge in [-0.1, -0.05) is 159 Å². The first-order valence-corrected chi connectivity index (χ1v) is 18.9. The van der Waals surface area contributed by atoms with Crippen molar-refractivity contribution in [1.82, 2.24) is 0 Å². The van der Waals surface area contributed by atoms with E-state index in [4.69, 9.17) is 0 Å². The van der Waals surface area contributed by atoms with Crippen molar-refractivity contribution in [2.24, 2.45) is 115 Å². The van der Waals surface area contributed by atoms with Crippen LogP contribution >= 0.6 is 0 Å². The predicted octanol–water partition coefficient (Wildman–Crippen LogP) is 13.4. The van der Waals surface area contributed by atoms with Crippen molar-refractivity contribution in [3.8, 4) is 0 Å². The number of rotatable bonds is 7. The minimum absolute atomic E-state index is 0.219. The zero-order chi connectivity index (χ0) is 34.0. The summed E-state index contributed by atoms with van der Waals surface area (Å²) in [5.41, 5.74) is 1.81.